The van der Waals surface area contributed by atoms with Crippen LogP contribution in [0.1, 0.15) is 36.7 Å². The summed E-state index contributed by atoms with van der Waals surface area (Å²) in [6.07, 6.45) is 3.37. The van der Waals surface area contributed by atoms with Crippen molar-refractivity contribution >= 4 is 5.91 Å². The summed E-state index contributed by atoms with van der Waals surface area (Å²) in [6.45, 7) is 4.41. The zero-order valence-electron chi connectivity index (χ0n) is 13.8. The summed E-state index contributed by atoms with van der Waals surface area (Å²) in [5.41, 5.74) is 2.40. The summed E-state index contributed by atoms with van der Waals surface area (Å²) < 4.78 is 7.32. The summed E-state index contributed by atoms with van der Waals surface area (Å²) in [4.78, 5) is 14.6. The lowest BCUT2D eigenvalue weighted by Gasteiger charge is -2.25. The molecule has 5 heteroatoms. The molecule has 1 aliphatic heterocycles. The molecule has 1 fully saturated rings. The van der Waals surface area contributed by atoms with Crippen LogP contribution >= 0.6 is 0 Å². The second-order valence-electron chi connectivity index (χ2n) is 5.78. The third kappa shape index (κ3) is 3.09. The largest absolute Gasteiger partial charge is 0.496 e. The van der Waals surface area contributed by atoms with Crippen molar-refractivity contribution in [1.82, 2.24) is 14.7 Å². The zero-order chi connectivity index (χ0) is 16.2. The highest BCUT2D eigenvalue weighted by Crippen LogP contribution is 2.30. The van der Waals surface area contributed by atoms with Gasteiger partial charge >= 0.3 is 0 Å². The molecule has 1 amide bonds. The predicted molar refractivity (Wildman–Crippen MR) is 89.6 cm³/mol. The third-order valence-electron chi connectivity index (χ3n) is 4.32. The van der Waals surface area contributed by atoms with Crippen LogP contribution in [0.4, 0.5) is 0 Å². The number of carbonyl (C=O) groups is 1. The molecule has 122 valence electrons. The van der Waals surface area contributed by atoms with Crippen molar-refractivity contribution in [2.45, 2.75) is 32.7 Å². The Morgan fingerprint density at radius 3 is 2.65 bits per heavy atom. The van der Waals surface area contributed by atoms with E-state index in [9.17, 15) is 4.79 Å². The molecular formula is C18H23N3O2. The van der Waals surface area contributed by atoms with Crippen molar-refractivity contribution in [2.75, 3.05) is 20.2 Å². The fourth-order valence-corrected chi connectivity index (χ4v) is 3.09. The maximum absolute atomic E-state index is 12.7. The molecule has 3 rings (SSSR count). The van der Waals surface area contributed by atoms with Crippen LogP contribution in [-0.2, 0) is 6.54 Å². The average molecular weight is 313 g/mol. The number of benzene rings is 1. The average Bonchev–Trinajstić information content (AvgIpc) is 3.06. The molecule has 1 aromatic carbocycles. The summed E-state index contributed by atoms with van der Waals surface area (Å²) in [6, 6.07) is 9.72. The summed E-state index contributed by atoms with van der Waals surface area (Å²) >= 11 is 0. The van der Waals surface area contributed by atoms with E-state index in [-0.39, 0.29) is 5.91 Å². The number of likely N-dealkylation sites (tertiary alicyclic amines) is 1. The number of piperidine rings is 1. The lowest BCUT2D eigenvalue weighted by atomic mass is 10.1. The molecule has 0 radical (unpaired) electrons. The number of ether oxygens (including phenoxy) is 1. The molecule has 5 nitrogen and oxygen atoms in total. The molecule has 0 unspecified atom stereocenters. The van der Waals surface area contributed by atoms with E-state index in [1.807, 2.05) is 46.8 Å². The molecule has 0 bridgehead atoms. The minimum Gasteiger partial charge on any atom is -0.496 e. The van der Waals surface area contributed by atoms with Gasteiger partial charge in [0.15, 0.2) is 5.69 Å². The van der Waals surface area contributed by atoms with Crippen molar-refractivity contribution in [3.63, 3.8) is 0 Å². The molecule has 0 aliphatic carbocycles. The molecular weight excluding hydrogens is 290 g/mol. The molecule has 1 saturated heterocycles. The number of carbonyl (C=O) groups excluding carboxylic acids is 1. The van der Waals surface area contributed by atoms with Gasteiger partial charge < -0.3 is 9.64 Å². The van der Waals surface area contributed by atoms with Crippen LogP contribution in [0.5, 0.6) is 5.75 Å². The van der Waals surface area contributed by atoms with Crippen molar-refractivity contribution in [3.05, 3.63) is 36.0 Å². The van der Waals surface area contributed by atoms with Gasteiger partial charge in [0.1, 0.15) is 5.75 Å². The Morgan fingerprint density at radius 1 is 1.22 bits per heavy atom. The second-order valence-corrected chi connectivity index (χ2v) is 5.78. The Morgan fingerprint density at radius 2 is 1.96 bits per heavy atom. The van der Waals surface area contributed by atoms with Gasteiger partial charge in [-0.25, -0.2) is 0 Å². The number of methoxy groups -OCH3 is 1. The van der Waals surface area contributed by atoms with Crippen molar-refractivity contribution in [2.24, 2.45) is 0 Å². The minimum absolute atomic E-state index is 0.0352. The standard InChI is InChI=1S/C18H23N3O2/c1-3-21-16(14-9-5-6-10-17(14)23-2)13-15(19-21)18(22)20-11-7-4-8-12-20/h5-6,9-10,13H,3-4,7-8,11-12H2,1-2H3. The highest BCUT2D eigenvalue weighted by atomic mass is 16.5. The number of aromatic nitrogens is 2. The molecule has 2 aromatic rings. The van der Waals surface area contributed by atoms with Gasteiger partial charge in [0, 0.05) is 25.2 Å². The first-order valence-electron chi connectivity index (χ1n) is 8.25. The molecule has 0 atom stereocenters. The fourth-order valence-electron chi connectivity index (χ4n) is 3.09. The smallest absolute Gasteiger partial charge is 0.274 e. The molecule has 23 heavy (non-hydrogen) atoms. The van der Waals surface area contributed by atoms with Crippen LogP contribution in [0, 0.1) is 0 Å². The lowest BCUT2D eigenvalue weighted by Crippen LogP contribution is -2.35. The first-order chi connectivity index (χ1) is 11.2. The first-order valence-corrected chi connectivity index (χ1v) is 8.25. The van der Waals surface area contributed by atoms with E-state index < -0.39 is 0 Å². The Hall–Kier alpha value is -2.30. The second kappa shape index (κ2) is 6.86. The fraction of sp³-hybridized carbons (Fsp3) is 0.444. The summed E-state index contributed by atoms with van der Waals surface area (Å²) in [7, 11) is 1.66. The summed E-state index contributed by atoms with van der Waals surface area (Å²) in [5, 5.41) is 4.53. The van der Waals surface area contributed by atoms with Gasteiger partial charge in [-0.2, -0.15) is 5.10 Å². The number of rotatable bonds is 4. The Kier molecular flexibility index (Phi) is 4.65. The quantitative estimate of drug-likeness (QED) is 0.871. The molecule has 0 N–H and O–H groups in total. The van der Waals surface area contributed by atoms with E-state index in [1.54, 1.807) is 7.11 Å². The lowest BCUT2D eigenvalue weighted by molar-refractivity contribution is 0.0717. The van der Waals surface area contributed by atoms with Crippen LogP contribution < -0.4 is 4.74 Å². The van der Waals surface area contributed by atoms with Crippen LogP contribution in [0.2, 0.25) is 0 Å². The van der Waals surface area contributed by atoms with E-state index in [1.165, 1.54) is 6.42 Å². The number of hydrogen-bond acceptors (Lipinski definition) is 3. The third-order valence-corrected chi connectivity index (χ3v) is 4.32. The zero-order valence-corrected chi connectivity index (χ0v) is 13.8. The van der Waals surface area contributed by atoms with Gasteiger partial charge in [-0.3, -0.25) is 9.48 Å². The van der Waals surface area contributed by atoms with Crippen molar-refractivity contribution < 1.29 is 9.53 Å². The topological polar surface area (TPSA) is 47.4 Å². The van der Waals surface area contributed by atoms with Gasteiger partial charge in [-0.05, 0) is 44.4 Å². The number of aryl methyl sites for hydroxylation is 1. The highest BCUT2D eigenvalue weighted by Gasteiger charge is 2.23. The van der Waals surface area contributed by atoms with E-state index in [2.05, 4.69) is 5.10 Å². The van der Waals surface area contributed by atoms with Crippen molar-refractivity contribution in [3.8, 4) is 17.0 Å². The van der Waals surface area contributed by atoms with Gasteiger partial charge in [0.05, 0.1) is 12.8 Å². The molecule has 0 saturated carbocycles. The van der Waals surface area contributed by atoms with Crippen LogP contribution in [-0.4, -0.2) is 40.8 Å². The monoisotopic (exact) mass is 313 g/mol. The molecule has 1 aromatic heterocycles. The number of nitrogens with zero attached hydrogens (tertiary/aromatic N) is 3. The maximum atomic E-state index is 12.7. The summed E-state index contributed by atoms with van der Waals surface area (Å²) in [5.74, 6) is 0.826. The highest BCUT2D eigenvalue weighted by molar-refractivity contribution is 5.93. The van der Waals surface area contributed by atoms with E-state index in [0.29, 0.717) is 12.2 Å². The van der Waals surface area contributed by atoms with Crippen LogP contribution in [0.3, 0.4) is 0 Å². The Balaban J connectivity index is 1.96. The molecule has 1 aliphatic rings. The number of hydrogen-bond donors (Lipinski definition) is 0. The van der Waals surface area contributed by atoms with Crippen LogP contribution in [0.15, 0.2) is 30.3 Å². The SMILES string of the molecule is CCn1nc(C(=O)N2CCCCC2)cc1-c1ccccc1OC. The van der Waals surface area contributed by atoms with Gasteiger partial charge in [0.2, 0.25) is 0 Å². The van der Waals surface area contributed by atoms with Crippen LogP contribution in [0.25, 0.3) is 11.3 Å². The maximum Gasteiger partial charge on any atom is 0.274 e. The Labute approximate surface area is 136 Å². The number of amides is 1. The normalized spacial score (nSPS) is 14.8. The van der Waals surface area contributed by atoms with E-state index in [4.69, 9.17) is 4.74 Å². The van der Waals surface area contributed by atoms with E-state index in [0.717, 1.165) is 42.9 Å². The van der Waals surface area contributed by atoms with Gasteiger partial charge in [0.25, 0.3) is 5.91 Å². The van der Waals surface area contributed by atoms with Gasteiger partial charge in [-0.15, -0.1) is 0 Å². The first kappa shape index (κ1) is 15.6. The van der Waals surface area contributed by atoms with Crippen molar-refractivity contribution in [1.29, 1.82) is 0 Å². The predicted octanol–water partition coefficient (Wildman–Crippen LogP) is 3.20. The van der Waals surface area contributed by atoms with E-state index >= 15 is 0 Å². The number of para-hydroxylation sites is 1. The minimum atomic E-state index is 0.0352. The molecule has 0 spiro atoms. The molecule has 2 heterocycles. The Bertz CT molecular complexity index is 687. The van der Waals surface area contributed by atoms with Gasteiger partial charge in [-0.1, -0.05) is 12.1 Å².